The molecule has 20 heavy (non-hydrogen) atoms. The fourth-order valence-electron chi connectivity index (χ4n) is 2.27. The summed E-state index contributed by atoms with van der Waals surface area (Å²) in [7, 11) is 0. The third kappa shape index (κ3) is 4.37. The monoisotopic (exact) mass is 287 g/mol. The molecule has 0 bridgehead atoms. The van der Waals surface area contributed by atoms with Gasteiger partial charge in [-0.25, -0.2) is 4.79 Å². The van der Waals surface area contributed by atoms with Crippen LogP contribution >= 0.6 is 0 Å². The highest BCUT2D eigenvalue weighted by molar-refractivity contribution is 5.77. The van der Waals surface area contributed by atoms with Crippen LogP contribution in [0.25, 0.3) is 0 Å². The number of aliphatic carboxylic acids is 1. The van der Waals surface area contributed by atoms with E-state index in [0.717, 1.165) is 0 Å². The molecule has 6 nitrogen and oxygen atoms in total. The number of nitrogens with zero attached hydrogens (tertiary/aromatic N) is 1. The number of hydrogen-bond donors (Lipinski definition) is 1. The summed E-state index contributed by atoms with van der Waals surface area (Å²) in [6.07, 6.45) is 0.694. The van der Waals surface area contributed by atoms with Crippen molar-refractivity contribution in [1.29, 1.82) is 0 Å². The summed E-state index contributed by atoms with van der Waals surface area (Å²) in [4.78, 5) is 25.1. The van der Waals surface area contributed by atoms with Crippen molar-refractivity contribution in [2.24, 2.45) is 5.41 Å². The zero-order valence-electron chi connectivity index (χ0n) is 12.8. The van der Waals surface area contributed by atoms with Crippen LogP contribution in [-0.2, 0) is 14.3 Å². The molecule has 1 fully saturated rings. The van der Waals surface area contributed by atoms with E-state index < -0.39 is 23.1 Å². The second kappa shape index (κ2) is 6.43. The van der Waals surface area contributed by atoms with Gasteiger partial charge in [0.1, 0.15) is 11.0 Å². The highest BCUT2D eigenvalue weighted by atomic mass is 16.6. The molecular formula is C14H25NO5. The Balaban J connectivity index is 2.77. The lowest BCUT2D eigenvalue weighted by Crippen LogP contribution is -2.53. The molecule has 6 heteroatoms. The number of piperidine rings is 1. The number of carbonyl (C=O) groups is 2. The number of ether oxygens (including phenoxy) is 2. The molecular weight excluding hydrogens is 262 g/mol. The number of amides is 1. The Labute approximate surface area is 120 Å². The van der Waals surface area contributed by atoms with E-state index in [2.05, 4.69) is 0 Å². The van der Waals surface area contributed by atoms with Crippen molar-refractivity contribution >= 4 is 12.1 Å². The lowest BCUT2D eigenvalue weighted by Gasteiger charge is -2.39. The van der Waals surface area contributed by atoms with Gasteiger partial charge in [0.05, 0.1) is 6.61 Å². The number of hydrogen-bond acceptors (Lipinski definition) is 4. The van der Waals surface area contributed by atoms with Crippen molar-refractivity contribution in [2.45, 2.75) is 46.1 Å². The maximum Gasteiger partial charge on any atom is 0.410 e. The van der Waals surface area contributed by atoms with Crippen LogP contribution in [0.5, 0.6) is 0 Å². The van der Waals surface area contributed by atoms with Gasteiger partial charge in [0.25, 0.3) is 0 Å². The number of rotatable bonds is 4. The summed E-state index contributed by atoms with van der Waals surface area (Å²) in [5.41, 5.74) is -1.61. The maximum atomic E-state index is 12.1. The smallest absolute Gasteiger partial charge is 0.410 e. The Morgan fingerprint density at radius 2 is 2.00 bits per heavy atom. The molecule has 1 saturated heterocycles. The number of likely N-dealkylation sites (tertiary alicyclic amines) is 1. The fraction of sp³-hybridized carbons (Fsp3) is 0.857. The van der Waals surface area contributed by atoms with Crippen molar-refractivity contribution in [2.75, 3.05) is 26.3 Å². The molecule has 1 unspecified atom stereocenters. The summed E-state index contributed by atoms with van der Waals surface area (Å²) >= 11 is 0. The third-order valence-corrected chi connectivity index (χ3v) is 3.26. The van der Waals surface area contributed by atoms with Gasteiger partial charge in [0, 0.05) is 19.7 Å². The number of carboxylic acid groups (broad SMARTS) is 1. The molecule has 1 heterocycles. The van der Waals surface area contributed by atoms with Crippen molar-refractivity contribution in [1.82, 2.24) is 4.90 Å². The van der Waals surface area contributed by atoms with Gasteiger partial charge >= 0.3 is 12.1 Å². The Morgan fingerprint density at radius 3 is 2.50 bits per heavy atom. The molecule has 1 rings (SSSR count). The molecule has 1 amide bonds. The van der Waals surface area contributed by atoms with Crippen molar-refractivity contribution in [3.63, 3.8) is 0 Å². The van der Waals surface area contributed by atoms with Crippen LogP contribution in [0.4, 0.5) is 4.79 Å². The molecule has 1 N–H and O–H groups in total. The maximum absolute atomic E-state index is 12.1. The number of carboxylic acids is 1. The van der Waals surface area contributed by atoms with Crippen molar-refractivity contribution < 1.29 is 24.2 Å². The Kier molecular flexibility index (Phi) is 5.39. The van der Waals surface area contributed by atoms with E-state index in [1.54, 1.807) is 20.8 Å². The molecule has 1 atom stereocenters. The topological polar surface area (TPSA) is 76.1 Å². The van der Waals surface area contributed by atoms with E-state index in [9.17, 15) is 14.7 Å². The lowest BCUT2D eigenvalue weighted by atomic mass is 9.81. The summed E-state index contributed by atoms with van der Waals surface area (Å²) < 4.78 is 10.6. The van der Waals surface area contributed by atoms with E-state index >= 15 is 0 Å². The molecule has 0 aromatic carbocycles. The Bertz CT molecular complexity index is 363. The summed E-state index contributed by atoms with van der Waals surface area (Å²) in [5, 5.41) is 9.49. The lowest BCUT2D eigenvalue weighted by molar-refractivity contribution is -0.157. The highest BCUT2D eigenvalue weighted by Gasteiger charge is 2.44. The molecule has 0 aromatic heterocycles. The first kappa shape index (κ1) is 16.8. The van der Waals surface area contributed by atoms with E-state index in [0.29, 0.717) is 26.0 Å². The minimum Gasteiger partial charge on any atom is -0.481 e. The third-order valence-electron chi connectivity index (χ3n) is 3.26. The zero-order chi connectivity index (χ0) is 15.4. The summed E-state index contributed by atoms with van der Waals surface area (Å²) in [6, 6.07) is 0. The fourth-order valence-corrected chi connectivity index (χ4v) is 2.27. The van der Waals surface area contributed by atoms with Gasteiger partial charge in [-0.05, 0) is 40.5 Å². The van der Waals surface area contributed by atoms with Crippen LogP contribution in [0, 0.1) is 5.41 Å². The van der Waals surface area contributed by atoms with E-state index in [1.807, 2.05) is 6.92 Å². The minimum atomic E-state index is -1.02. The molecule has 116 valence electrons. The average Bonchev–Trinajstić information content (AvgIpc) is 2.34. The largest absolute Gasteiger partial charge is 0.481 e. The summed E-state index contributed by atoms with van der Waals surface area (Å²) in [5.74, 6) is -0.917. The normalized spacial score (nSPS) is 23.5. The van der Waals surface area contributed by atoms with Crippen LogP contribution in [0.1, 0.15) is 40.5 Å². The second-order valence-electron chi connectivity index (χ2n) is 6.23. The van der Waals surface area contributed by atoms with Gasteiger partial charge in [0.2, 0.25) is 0 Å². The Morgan fingerprint density at radius 1 is 1.35 bits per heavy atom. The Hall–Kier alpha value is -1.30. The standard InChI is InChI=1S/C14H25NO5/c1-5-19-10-14(11(16)17)7-6-8-15(9-14)12(18)20-13(2,3)4/h5-10H2,1-4H3,(H,16,17). The van der Waals surface area contributed by atoms with Gasteiger partial charge in [0.15, 0.2) is 0 Å². The molecule has 0 spiro atoms. The molecule has 0 saturated carbocycles. The van der Waals surface area contributed by atoms with Crippen LogP contribution in [0.15, 0.2) is 0 Å². The van der Waals surface area contributed by atoms with Gasteiger partial charge < -0.3 is 19.5 Å². The van der Waals surface area contributed by atoms with E-state index in [1.165, 1.54) is 4.90 Å². The molecule has 0 radical (unpaired) electrons. The predicted molar refractivity (Wildman–Crippen MR) is 73.6 cm³/mol. The van der Waals surface area contributed by atoms with Crippen LogP contribution in [-0.4, -0.2) is 54.0 Å². The van der Waals surface area contributed by atoms with E-state index in [4.69, 9.17) is 9.47 Å². The minimum absolute atomic E-state index is 0.123. The van der Waals surface area contributed by atoms with Crippen LogP contribution in [0.3, 0.4) is 0 Å². The van der Waals surface area contributed by atoms with Gasteiger partial charge in [-0.2, -0.15) is 0 Å². The van der Waals surface area contributed by atoms with Gasteiger partial charge in [-0.15, -0.1) is 0 Å². The average molecular weight is 287 g/mol. The van der Waals surface area contributed by atoms with Crippen molar-refractivity contribution in [3.8, 4) is 0 Å². The molecule has 1 aliphatic rings. The second-order valence-corrected chi connectivity index (χ2v) is 6.23. The zero-order valence-corrected chi connectivity index (χ0v) is 12.8. The van der Waals surface area contributed by atoms with Crippen LogP contribution in [0.2, 0.25) is 0 Å². The summed E-state index contributed by atoms with van der Waals surface area (Å²) in [6.45, 7) is 8.44. The van der Waals surface area contributed by atoms with Gasteiger partial charge in [-0.3, -0.25) is 4.79 Å². The SMILES string of the molecule is CCOCC1(C(=O)O)CCCN(C(=O)OC(C)(C)C)C1. The van der Waals surface area contributed by atoms with Crippen LogP contribution < -0.4 is 0 Å². The quantitative estimate of drug-likeness (QED) is 0.857. The first-order valence-corrected chi connectivity index (χ1v) is 6.99. The predicted octanol–water partition coefficient (Wildman–Crippen LogP) is 2.12. The number of carbonyl (C=O) groups excluding carboxylic acids is 1. The van der Waals surface area contributed by atoms with E-state index in [-0.39, 0.29) is 13.2 Å². The molecule has 0 aliphatic carbocycles. The molecule has 1 aliphatic heterocycles. The van der Waals surface area contributed by atoms with Gasteiger partial charge in [-0.1, -0.05) is 0 Å². The van der Waals surface area contributed by atoms with Crippen molar-refractivity contribution in [3.05, 3.63) is 0 Å². The first-order chi connectivity index (χ1) is 9.20. The highest BCUT2D eigenvalue weighted by Crippen LogP contribution is 2.31. The molecule has 0 aromatic rings. The first-order valence-electron chi connectivity index (χ1n) is 6.99.